The molecule has 0 aliphatic carbocycles. The van der Waals surface area contributed by atoms with Gasteiger partial charge in [-0.15, -0.1) is 0 Å². The Bertz CT molecular complexity index is 890. The van der Waals surface area contributed by atoms with E-state index in [1.807, 2.05) is 62.4 Å². The van der Waals surface area contributed by atoms with Crippen molar-refractivity contribution >= 4 is 17.2 Å². The molecule has 0 saturated heterocycles. The van der Waals surface area contributed by atoms with Gasteiger partial charge in [0.1, 0.15) is 5.75 Å². The number of carbonyl (C=O) groups excluding carboxylic acids is 1. The Balaban J connectivity index is 0.000000209. The summed E-state index contributed by atoms with van der Waals surface area (Å²) in [5.74, 6) is 0.712. The highest BCUT2D eigenvalue weighted by molar-refractivity contribution is 6.12. The van der Waals surface area contributed by atoms with Crippen LogP contribution >= 0.6 is 0 Å². The molecule has 4 nitrogen and oxygen atoms in total. The summed E-state index contributed by atoms with van der Waals surface area (Å²) in [6.45, 7) is 3.95. The van der Waals surface area contributed by atoms with E-state index in [1.165, 1.54) is 0 Å². The molecule has 0 amide bonds. The summed E-state index contributed by atoms with van der Waals surface area (Å²) in [6.07, 6.45) is 0. The third kappa shape index (κ3) is 4.86. The molecule has 3 aromatic rings. The summed E-state index contributed by atoms with van der Waals surface area (Å²) in [5.41, 5.74) is 16.1. The van der Waals surface area contributed by atoms with Gasteiger partial charge in [-0.2, -0.15) is 0 Å². The zero-order valence-electron chi connectivity index (χ0n) is 15.3. The van der Waals surface area contributed by atoms with E-state index in [1.54, 1.807) is 25.3 Å². The second kappa shape index (κ2) is 8.72. The minimum atomic E-state index is -0.0295. The lowest BCUT2D eigenvalue weighted by molar-refractivity contribution is 0.103. The van der Waals surface area contributed by atoms with Crippen molar-refractivity contribution in [3.63, 3.8) is 0 Å². The fraction of sp³-hybridized carbons (Fsp3) is 0.136. The Morgan fingerprint density at radius 1 is 0.808 bits per heavy atom. The number of ether oxygens (including phenoxy) is 1. The van der Waals surface area contributed by atoms with E-state index in [4.69, 9.17) is 16.2 Å². The van der Waals surface area contributed by atoms with Crippen molar-refractivity contribution in [2.75, 3.05) is 18.6 Å². The lowest BCUT2D eigenvalue weighted by atomic mass is 10.0. The molecular weight excluding hydrogens is 324 g/mol. The number of nitrogen functional groups attached to an aromatic ring is 2. The Morgan fingerprint density at radius 2 is 1.38 bits per heavy atom. The number of carbonyl (C=O) groups is 1. The van der Waals surface area contributed by atoms with Gasteiger partial charge >= 0.3 is 0 Å². The third-order valence-electron chi connectivity index (χ3n) is 3.87. The monoisotopic (exact) mass is 348 g/mol. The molecule has 0 aromatic heterocycles. The van der Waals surface area contributed by atoms with Crippen LogP contribution in [0.1, 0.15) is 27.0 Å². The van der Waals surface area contributed by atoms with Gasteiger partial charge < -0.3 is 16.2 Å². The quantitative estimate of drug-likeness (QED) is 0.543. The standard InChI is InChI=1S/C14H13NO.C8H11NO/c1-10-7-8-12(13(15)9-10)14(16)11-5-3-2-4-6-11;1-6-3-4-8(10-2)7(9)5-6/h2-9H,15H2,1H3;3-5H,9H2,1-2H3. The number of hydrogen-bond acceptors (Lipinski definition) is 4. The number of ketones is 1. The second-order valence-corrected chi connectivity index (χ2v) is 6.03. The maximum atomic E-state index is 12.1. The van der Waals surface area contributed by atoms with Crippen molar-refractivity contribution < 1.29 is 9.53 Å². The smallest absolute Gasteiger partial charge is 0.195 e. The van der Waals surface area contributed by atoms with Gasteiger partial charge in [0.05, 0.1) is 12.8 Å². The van der Waals surface area contributed by atoms with Crippen LogP contribution in [0.4, 0.5) is 11.4 Å². The SMILES string of the molecule is COc1ccc(C)cc1N.Cc1ccc(C(=O)c2ccccc2)c(N)c1. The minimum Gasteiger partial charge on any atom is -0.495 e. The van der Waals surface area contributed by atoms with E-state index >= 15 is 0 Å². The van der Waals surface area contributed by atoms with Gasteiger partial charge in [-0.1, -0.05) is 42.5 Å². The summed E-state index contributed by atoms with van der Waals surface area (Å²) in [4.78, 5) is 12.1. The fourth-order valence-electron chi connectivity index (χ4n) is 2.49. The van der Waals surface area contributed by atoms with Crippen LogP contribution in [0, 0.1) is 13.8 Å². The summed E-state index contributed by atoms with van der Waals surface area (Å²) >= 11 is 0. The highest BCUT2D eigenvalue weighted by Crippen LogP contribution is 2.21. The lowest BCUT2D eigenvalue weighted by Crippen LogP contribution is -2.05. The minimum absolute atomic E-state index is 0.0295. The number of aryl methyl sites for hydroxylation is 2. The molecule has 4 N–H and O–H groups in total. The molecule has 0 radical (unpaired) electrons. The van der Waals surface area contributed by atoms with Crippen molar-refractivity contribution in [3.05, 3.63) is 89.0 Å². The number of anilines is 2. The Hall–Kier alpha value is -3.27. The first kappa shape index (κ1) is 19.1. The van der Waals surface area contributed by atoms with E-state index < -0.39 is 0 Å². The lowest BCUT2D eigenvalue weighted by Gasteiger charge is -2.05. The van der Waals surface area contributed by atoms with Crippen LogP contribution in [-0.4, -0.2) is 12.9 Å². The van der Waals surface area contributed by atoms with Gasteiger partial charge in [0.2, 0.25) is 0 Å². The van der Waals surface area contributed by atoms with Crippen LogP contribution in [0.25, 0.3) is 0 Å². The molecule has 0 bridgehead atoms. The van der Waals surface area contributed by atoms with Crippen LogP contribution < -0.4 is 16.2 Å². The Labute approximate surface area is 154 Å². The number of benzene rings is 3. The molecular formula is C22H24N2O2. The van der Waals surface area contributed by atoms with E-state index in [2.05, 4.69) is 0 Å². The molecule has 134 valence electrons. The third-order valence-corrected chi connectivity index (χ3v) is 3.87. The first-order valence-electron chi connectivity index (χ1n) is 8.28. The predicted molar refractivity (Wildman–Crippen MR) is 108 cm³/mol. The Kier molecular flexibility index (Phi) is 6.39. The molecule has 0 atom stereocenters. The first-order valence-corrected chi connectivity index (χ1v) is 8.28. The summed E-state index contributed by atoms with van der Waals surface area (Å²) < 4.78 is 4.97. The van der Waals surface area contributed by atoms with Crippen molar-refractivity contribution in [1.29, 1.82) is 0 Å². The average Bonchev–Trinajstić information content (AvgIpc) is 2.63. The predicted octanol–water partition coefficient (Wildman–Crippen LogP) is 4.39. The zero-order valence-corrected chi connectivity index (χ0v) is 15.3. The van der Waals surface area contributed by atoms with Crippen LogP contribution in [0.2, 0.25) is 0 Å². The number of nitrogens with two attached hydrogens (primary N) is 2. The molecule has 3 aromatic carbocycles. The molecule has 0 heterocycles. The molecule has 0 aliphatic heterocycles. The van der Waals surface area contributed by atoms with Crippen molar-refractivity contribution in [2.45, 2.75) is 13.8 Å². The Morgan fingerprint density at radius 3 is 1.92 bits per heavy atom. The van der Waals surface area contributed by atoms with E-state index in [0.29, 0.717) is 22.5 Å². The van der Waals surface area contributed by atoms with Gasteiger partial charge in [0.25, 0.3) is 0 Å². The van der Waals surface area contributed by atoms with Crippen LogP contribution in [0.5, 0.6) is 5.75 Å². The van der Waals surface area contributed by atoms with Crippen molar-refractivity contribution in [1.82, 2.24) is 0 Å². The molecule has 0 saturated carbocycles. The molecule has 26 heavy (non-hydrogen) atoms. The molecule has 0 aliphatic rings. The van der Waals surface area contributed by atoms with Crippen molar-refractivity contribution in [3.8, 4) is 5.75 Å². The summed E-state index contributed by atoms with van der Waals surface area (Å²) in [5, 5.41) is 0. The van der Waals surface area contributed by atoms with Gasteiger partial charge in [0.15, 0.2) is 5.78 Å². The van der Waals surface area contributed by atoms with Crippen LogP contribution in [0.15, 0.2) is 66.7 Å². The maximum Gasteiger partial charge on any atom is 0.195 e. The zero-order chi connectivity index (χ0) is 19.1. The largest absolute Gasteiger partial charge is 0.495 e. The molecule has 0 spiro atoms. The molecule has 3 rings (SSSR count). The highest BCUT2D eigenvalue weighted by atomic mass is 16.5. The molecule has 0 fully saturated rings. The number of methoxy groups -OCH3 is 1. The first-order chi connectivity index (χ1) is 12.4. The summed E-state index contributed by atoms with van der Waals surface area (Å²) in [6, 6.07) is 20.4. The van der Waals surface area contributed by atoms with E-state index in [9.17, 15) is 4.79 Å². The highest BCUT2D eigenvalue weighted by Gasteiger charge is 2.11. The van der Waals surface area contributed by atoms with Gasteiger partial charge in [-0.3, -0.25) is 4.79 Å². The number of rotatable bonds is 3. The van der Waals surface area contributed by atoms with Gasteiger partial charge in [-0.25, -0.2) is 0 Å². The maximum absolute atomic E-state index is 12.1. The topological polar surface area (TPSA) is 78.3 Å². The molecule has 4 heteroatoms. The fourth-order valence-corrected chi connectivity index (χ4v) is 2.49. The molecule has 0 unspecified atom stereocenters. The average molecular weight is 348 g/mol. The van der Waals surface area contributed by atoms with E-state index in [-0.39, 0.29) is 5.78 Å². The van der Waals surface area contributed by atoms with E-state index in [0.717, 1.165) is 16.9 Å². The van der Waals surface area contributed by atoms with Crippen molar-refractivity contribution in [2.24, 2.45) is 0 Å². The number of hydrogen-bond donors (Lipinski definition) is 2. The second-order valence-electron chi connectivity index (χ2n) is 6.03. The van der Waals surface area contributed by atoms with Crippen LogP contribution in [0.3, 0.4) is 0 Å². The summed E-state index contributed by atoms with van der Waals surface area (Å²) in [7, 11) is 1.61. The van der Waals surface area contributed by atoms with Gasteiger partial charge in [0, 0.05) is 16.8 Å². The van der Waals surface area contributed by atoms with Gasteiger partial charge in [-0.05, 0) is 49.2 Å². The normalized spacial score (nSPS) is 9.81. The van der Waals surface area contributed by atoms with Crippen LogP contribution in [-0.2, 0) is 0 Å².